The lowest BCUT2D eigenvalue weighted by Gasteiger charge is -2.40. The standard InChI is InChI=1S/C23H40N4O4/c1-18-8-5-6-11-27(18)20(28)17-24-12-14-25(15-13-24)21(29)19-9-7-10-26(16-19)22(30)31-23(2,3)4/h18-19H,5-17H2,1-4H3. The highest BCUT2D eigenvalue weighted by Crippen LogP contribution is 2.22. The number of amides is 3. The van der Waals surface area contributed by atoms with E-state index in [0.29, 0.717) is 38.8 Å². The molecule has 176 valence electrons. The monoisotopic (exact) mass is 436 g/mol. The number of carbonyl (C=O) groups is 3. The van der Waals surface area contributed by atoms with E-state index in [1.807, 2.05) is 30.6 Å². The number of rotatable bonds is 3. The summed E-state index contributed by atoms with van der Waals surface area (Å²) in [6.45, 7) is 12.8. The van der Waals surface area contributed by atoms with E-state index in [4.69, 9.17) is 4.74 Å². The molecule has 0 aliphatic carbocycles. The SMILES string of the molecule is CC1CCCCN1C(=O)CN1CCN(C(=O)C2CCCN(C(=O)OC(C)(C)C)C2)CC1. The summed E-state index contributed by atoms with van der Waals surface area (Å²) in [5.41, 5.74) is -0.534. The van der Waals surface area contributed by atoms with E-state index in [0.717, 1.165) is 45.3 Å². The summed E-state index contributed by atoms with van der Waals surface area (Å²) in [5.74, 6) is 0.180. The van der Waals surface area contributed by atoms with E-state index >= 15 is 0 Å². The van der Waals surface area contributed by atoms with Gasteiger partial charge in [0.05, 0.1) is 12.5 Å². The van der Waals surface area contributed by atoms with Gasteiger partial charge in [-0.05, 0) is 59.8 Å². The van der Waals surface area contributed by atoms with E-state index in [2.05, 4.69) is 11.8 Å². The van der Waals surface area contributed by atoms with Gasteiger partial charge in [0.25, 0.3) is 0 Å². The summed E-state index contributed by atoms with van der Waals surface area (Å²) < 4.78 is 5.48. The first kappa shape index (κ1) is 23.8. The van der Waals surface area contributed by atoms with Gasteiger partial charge >= 0.3 is 6.09 Å². The minimum atomic E-state index is -0.534. The second kappa shape index (κ2) is 10.2. The van der Waals surface area contributed by atoms with Gasteiger partial charge in [-0.15, -0.1) is 0 Å². The average Bonchev–Trinajstić information content (AvgIpc) is 2.73. The Kier molecular flexibility index (Phi) is 7.83. The molecule has 0 aromatic carbocycles. The molecule has 0 aromatic rings. The Morgan fingerprint density at radius 1 is 0.871 bits per heavy atom. The molecule has 8 nitrogen and oxygen atoms in total. The molecule has 8 heteroatoms. The van der Waals surface area contributed by atoms with Gasteiger partial charge in [0.2, 0.25) is 11.8 Å². The number of hydrogen-bond donors (Lipinski definition) is 0. The lowest BCUT2D eigenvalue weighted by atomic mass is 9.96. The summed E-state index contributed by atoms with van der Waals surface area (Å²) in [7, 11) is 0. The normalized spacial score (nSPS) is 26.0. The molecule has 0 bridgehead atoms. The van der Waals surface area contributed by atoms with Gasteiger partial charge in [-0.1, -0.05) is 0 Å². The van der Waals surface area contributed by atoms with Gasteiger partial charge in [0.1, 0.15) is 5.60 Å². The number of ether oxygens (including phenoxy) is 1. The number of hydrogen-bond acceptors (Lipinski definition) is 5. The summed E-state index contributed by atoms with van der Waals surface area (Å²) in [4.78, 5) is 45.9. The van der Waals surface area contributed by atoms with Crippen molar-refractivity contribution in [1.82, 2.24) is 19.6 Å². The van der Waals surface area contributed by atoms with Gasteiger partial charge in [-0.25, -0.2) is 4.79 Å². The molecule has 0 radical (unpaired) electrons. The van der Waals surface area contributed by atoms with Gasteiger partial charge < -0.3 is 19.4 Å². The molecule has 2 atom stereocenters. The highest BCUT2D eigenvalue weighted by atomic mass is 16.6. The van der Waals surface area contributed by atoms with Gasteiger partial charge in [-0.3, -0.25) is 14.5 Å². The van der Waals surface area contributed by atoms with Crippen LogP contribution in [0, 0.1) is 5.92 Å². The van der Waals surface area contributed by atoms with Crippen LogP contribution in [-0.2, 0) is 14.3 Å². The first-order valence-corrected chi connectivity index (χ1v) is 11.9. The first-order chi connectivity index (χ1) is 14.6. The molecule has 3 fully saturated rings. The molecular weight excluding hydrogens is 396 g/mol. The van der Waals surface area contributed by atoms with Crippen LogP contribution in [0.25, 0.3) is 0 Å². The van der Waals surface area contributed by atoms with Crippen LogP contribution in [0.15, 0.2) is 0 Å². The maximum Gasteiger partial charge on any atom is 0.410 e. The summed E-state index contributed by atoms with van der Waals surface area (Å²) in [6.07, 6.45) is 4.69. The Morgan fingerprint density at radius 3 is 2.23 bits per heavy atom. The van der Waals surface area contributed by atoms with Crippen LogP contribution in [0.5, 0.6) is 0 Å². The fourth-order valence-electron chi connectivity index (χ4n) is 4.81. The molecule has 2 unspecified atom stereocenters. The van der Waals surface area contributed by atoms with E-state index in [-0.39, 0.29) is 23.8 Å². The highest BCUT2D eigenvalue weighted by molar-refractivity contribution is 5.81. The third kappa shape index (κ3) is 6.57. The predicted molar refractivity (Wildman–Crippen MR) is 119 cm³/mol. The topological polar surface area (TPSA) is 73.4 Å². The second-order valence-electron chi connectivity index (χ2n) is 10.3. The smallest absolute Gasteiger partial charge is 0.410 e. The van der Waals surface area contributed by atoms with E-state index in [9.17, 15) is 14.4 Å². The molecule has 3 aliphatic heterocycles. The number of likely N-dealkylation sites (tertiary alicyclic amines) is 2. The number of carbonyl (C=O) groups excluding carboxylic acids is 3. The summed E-state index contributed by atoms with van der Waals surface area (Å²) in [6, 6.07) is 0.336. The second-order valence-corrected chi connectivity index (χ2v) is 10.3. The van der Waals surface area contributed by atoms with Crippen molar-refractivity contribution in [3.8, 4) is 0 Å². The Balaban J connectivity index is 1.45. The molecule has 3 saturated heterocycles. The Labute approximate surface area is 186 Å². The van der Waals surface area contributed by atoms with E-state index in [1.165, 1.54) is 6.42 Å². The zero-order chi connectivity index (χ0) is 22.6. The molecule has 3 heterocycles. The maximum absolute atomic E-state index is 13.1. The molecular formula is C23H40N4O4. The minimum absolute atomic E-state index is 0.129. The van der Waals surface area contributed by atoms with Gasteiger partial charge in [-0.2, -0.15) is 0 Å². The van der Waals surface area contributed by atoms with Crippen LogP contribution in [0.2, 0.25) is 0 Å². The third-order valence-corrected chi connectivity index (χ3v) is 6.59. The molecule has 31 heavy (non-hydrogen) atoms. The highest BCUT2D eigenvalue weighted by Gasteiger charge is 2.34. The van der Waals surface area contributed by atoms with E-state index in [1.54, 1.807) is 4.90 Å². The predicted octanol–water partition coefficient (Wildman–Crippen LogP) is 2.18. The molecule has 3 amide bonds. The fraction of sp³-hybridized carbons (Fsp3) is 0.870. The van der Waals surface area contributed by atoms with Crippen LogP contribution < -0.4 is 0 Å². The summed E-state index contributed by atoms with van der Waals surface area (Å²) in [5, 5.41) is 0. The van der Waals surface area contributed by atoms with Crippen molar-refractivity contribution >= 4 is 17.9 Å². The van der Waals surface area contributed by atoms with Crippen molar-refractivity contribution in [2.45, 2.75) is 71.4 Å². The number of piperazine rings is 1. The molecule has 3 aliphatic rings. The summed E-state index contributed by atoms with van der Waals surface area (Å²) >= 11 is 0. The zero-order valence-electron chi connectivity index (χ0n) is 19.8. The van der Waals surface area contributed by atoms with Crippen LogP contribution in [-0.4, -0.2) is 102 Å². The quantitative estimate of drug-likeness (QED) is 0.678. The first-order valence-electron chi connectivity index (χ1n) is 11.9. The van der Waals surface area contributed by atoms with Gasteiger partial charge in [0.15, 0.2) is 0 Å². The van der Waals surface area contributed by atoms with Crippen molar-refractivity contribution in [2.75, 3.05) is 52.4 Å². The third-order valence-electron chi connectivity index (χ3n) is 6.59. The lowest BCUT2D eigenvalue weighted by molar-refractivity contribution is -0.140. The minimum Gasteiger partial charge on any atom is -0.444 e. The Morgan fingerprint density at radius 2 is 1.58 bits per heavy atom. The van der Waals surface area contributed by atoms with Crippen LogP contribution in [0.4, 0.5) is 4.79 Å². The Bertz CT molecular complexity index is 654. The lowest BCUT2D eigenvalue weighted by Crippen LogP contribution is -2.55. The van der Waals surface area contributed by atoms with Crippen molar-refractivity contribution in [1.29, 1.82) is 0 Å². The van der Waals surface area contributed by atoms with Crippen molar-refractivity contribution in [2.24, 2.45) is 5.92 Å². The van der Waals surface area contributed by atoms with Gasteiger partial charge in [0, 0.05) is 51.9 Å². The maximum atomic E-state index is 13.1. The van der Waals surface area contributed by atoms with Crippen LogP contribution in [0.1, 0.15) is 59.8 Å². The Hall–Kier alpha value is -1.83. The van der Waals surface area contributed by atoms with Crippen molar-refractivity contribution in [3.63, 3.8) is 0 Å². The van der Waals surface area contributed by atoms with Crippen molar-refractivity contribution < 1.29 is 19.1 Å². The number of piperidine rings is 2. The zero-order valence-corrected chi connectivity index (χ0v) is 19.8. The van der Waals surface area contributed by atoms with E-state index < -0.39 is 5.60 Å². The average molecular weight is 437 g/mol. The molecule has 3 rings (SSSR count). The van der Waals surface area contributed by atoms with Crippen LogP contribution in [0.3, 0.4) is 0 Å². The molecule has 0 saturated carbocycles. The molecule has 0 N–H and O–H groups in total. The largest absolute Gasteiger partial charge is 0.444 e. The van der Waals surface area contributed by atoms with Crippen LogP contribution >= 0.6 is 0 Å². The van der Waals surface area contributed by atoms with Crippen molar-refractivity contribution in [3.05, 3.63) is 0 Å². The fourth-order valence-corrected chi connectivity index (χ4v) is 4.81. The molecule has 0 spiro atoms. The number of nitrogens with zero attached hydrogens (tertiary/aromatic N) is 4. The molecule has 0 aromatic heterocycles.